The second kappa shape index (κ2) is 4.52. The van der Waals surface area contributed by atoms with E-state index in [0.717, 1.165) is 12.1 Å². The van der Waals surface area contributed by atoms with Gasteiger partial charge in [-0.25, -0.2) is 8.78 Å². The van der Waals surface area contributed by atoms with Crippen LogP contribution < -0.4 is 10.9 Å². The van der Waals surface area contributed by atoms with Crippen molar-refractivity contribution in [2.45, 2.75) is 0 Å². The lowest BCUT2D eigenvalue weighted by Gasteiger charge is -2.08. The van der Waals surface area contributed by atoms with Crippen molar-refractivity contribution in [3.8, 4) is 0 Å². The number of hydrogen-bond donors (Lipinski definition) is 3. The van der Waals surface area contributed by atoms with Gasteiger partial charge < -0.3 is 5.11 Å². The van der Waals surface area contributed by atoms with E-state index >= 15 is 0 Å². The highest BCUT2D eigenvalue weighted by Gasteiger charge is 2.08. The molecule has 0 aliphatic heterocycles. The summed E-state index contributed by atoms with van der Waals surface area (Å²) in [6.45, 7) is -0.761. The normalized spacial score (nSPS) is 9.64. The number of hydrazine groups is 1. The predicted molar refractivity (Wildman–Crippen MR) is 45.2 cm³/mol. The molecule has 1 amide bonds. The summed E-state index contributed by atoms with van der Waals surface area (Å²) in [7, 11) is 0. The van der Waals surface area contributed by atoms with Crippen molar-refractivity contribution in [2.75, 3.05) is 12.0 Å². The Morgan fingerprint density at radius 2 is 1.93 bits per heavy atom. The van der Waals surface area contributed by atoms with E-state index in [4.69, 9.17) is 5.11 Å². The number of hydrogen-bond acceptors (Lipinski definition) is 3. The van der Waals surface area contributed by atoms with Crippen molar-refractivity contribution in [1.29, 1.82) is 0 Å². The van der Waals surface area contributed by atoms with Crippen LogP contribution in [0.4, 0.5) is 14.5 Å². The second-order valence-corrected chi connectivity index (χ2v) is 2.43. The smallest absolute Gasteiger partial charge is 0.263 e. The van der Waals surface area contributed by atoms with Gasteiger partial charge in [-0.3, -0.25) is 15.6 Å². The summed E-state index contributed by atoms with van der Waals surface area (Å²) in [6, 6.07) is 3.27. The van der Waals surface area contributed by atoms with Crippen LogP contribution in [0.5, 0.6) is 0 Å². The highest BCUT2D eigenvalue weighted by atomic mass is 19.1. The van der Waals surface area contributed by atoms with Gasteiger partial charge in [0.15, 0.2) is 11.6 Å². The Morgan fingerprint density at radius 1 is 1.36 bits per heavy atom. The zero-order valence-corrected chi connectivity index (χ0v) is 7.05. The van der Waals surface area contributed by atoms with Crippen LogP contribution in [0.1, 0.15) is 0 Å². The molecule has 3 N–H and O–H groups in total. The number of anilines is 1. The maximum absolute atomic E-state index is 12.9. The minimum absolute atomic E-state index is 0.464. The van der Waals surface area contributed by atoms with Crippen LogP contribution in [0.3, 0.4) is 0 Å². The van der Waals surface area contributed by atoms with Gasteiger partial charge in [0, 0.05) is 0 Å². The van der Waals surface area contributed by atoms with Gasteiger partial charge in [-0.15, -0.1) is 0 Å². The third kappa shape index (κ3) is 2.40. The summed E-state index contributed by atoms with van der Waals surface area (Å²) in [6.07, 6.45) is 0. The number of aliphatic hydroxyl groups is 1. The van der Waals surface area contributed by atoms with Gasteiger partial charge in [-0.05, 0) is 12.1 Å². The molecule has 4 nitrogen and oxygen atoms in total. The molecule has 0 aliphatic rings. The minimum atomic E-state index is -0.830. The van der Waals surface area contributed by atoms with Crippen molar-refractivity contribution in [3.63, 3.8) is 0 Å². The fraction of sp³-hybridized carbons (Fsp3) is 0.125. The van der Waals surface area contributed by atoms with Gasteiger partial charge in [0.2, 0.25) is 0 Å². The molecule has 0 atom stereocenters. The lowest BCUT2D eigenvalue weighted by Crippen LogP contribution is -2.32. The van der Waals surface area contributed by atoms with Crippen LogP contribution in [0.25, 0.3) is 0 Å². The molecule has 0 heterocycles. The molecule has 1 rings (SSSR count). The Kier molecular flexibility index (Phi) is 3.35. The van der Waals surface area contributed by atoms with Gasteiger partial charge in [0.1, 0.15) is 12.3 Å². The fourth-order valence-corrected chi connectivity index (χ4v) is 0.789. The molecule has 0 saturated heterocycles. The van der Waals surface area contributed by atoms with Crippen molar-refractivity contribution in [1.82, 2.24) is 5.43 Å². The van der Waals surface area contributed by atoms with Crippen LogP contribution in [-0.4, -0.2) is 17.6 Å². The number of para-hydroxylation sites is 1. The molecule has 0 unspecified atom stereocenters. The Hall–Kier alpha value is -1.69. The molecule has 1 aromatic rings. The monoisotopic (exact) mass is 202 g/mol. The molecule has 0 radical (unpaired) electrons. The summed E-state index contributed by atoms with van der Waals surface area (Å²) in [5.74, 6) is -2.45. The largest absolute Gasteiger partial charge is 0.386 e. The molecule has 0 saturated carbocycles. The van der Waals surface area contributed by atoms with Crippen molar-refractivity contribution >= 4 is 11.6 Å². The van der Waals surface area contributed by atoms with E-state index < -0.39 is 29.8 Å². The summed E-state index contributed by atoms with van der Waals surface area (Å²) < 4.78 is 25.8. The second-order valence-electron chi connectivity index (χ2n) is 2.43. The third-order valence-electron chi connectivity index (χ3n) is 1.43. The van der Waals surface area contributed by atoms with Crippen molar-refractivity contribution in [3.05, 3.63) is 29.8 Å². The number of rotatable bonds is 3. The average molecular weight is 202 g/mol. The van der Waals surface area contributed by atoms with Crippen LogP contribution >= 0.6 is 0 Å². The number of benzene rings is 1. The average Bonchev–Trinajstić information content (AvgIpc) is 2.16. The SMILES string of the molecule is O=C(CO)NNc1c(F)cccc1F. The molecule has 14 heavy (non-hydrogen) atoms. The molecule has 0 bridgehead atoms. The van der Waals surface area contributed by atoms with Gasteiger partial charge in [-0.1, -0.05) is 6.07 Å². The highest BCUT2D eigenvalue weighted by Crippen LogP contribution is 2.16. The van der Waals surface area contributed by atoms with E-state index in [0.29, 0.717) is 0 Å². The van der Waals surface area contributed by atoms with Crippen molar-refractivity contribution in [2.24, 2.45) is 0 Å². The number of nitrogens with one attached hydrogen (secondary N) is 2. The fourth-order valence-electron chi connectivity index (χ4n) is 0.789. The molecule has 0 fully saturated rings. The summed E-state index contributed by atoms with van der Waals surface area (Å²) in [5.41, 5.74) is 3.47. The molecule has 1 aromatic carbocycles. The summed E-state index contributed by atoms with van der Waals surface area (Å²) in [4.78, 5) is 10.5. The molecule has 0 aromatic heterocycles. The van der Waals surface area contributed by atoms with Crippen molar-refractivity contribution < 1.29 is 18.7 Å². The van der Waals surface area contributed by atoms with E-state index in [1.165, 1.54) is 6.07 Å². The maximum Gasteiger partial charge on any atom is 0.263 e. The van der Waals surface area contributed by atoms with Gasteiger partial charge >= 0.3 is 0 Å². The standard InChI is InChI=1S/C8H8F2N2O2/c9-5-2-1-3-6(10)8(5)12-11-7(14)4-13/h1-3,12-13H,4H2,(H,11,14). The van der Waals surface area contributed by atoms with Crippen LogP contribution in [0.15, 0.2) is 18.2 Å². The minimum Gasteiger partial charge on any atom is -0.386 e. The zero-order valence-electron chi connectivity index (χ0n) is 7.05. The van der Waals surface area contributed by atoms with Gasteiger partial charge in [-0.2, -0.15) is 0 Å². The number of halogens is 2. The first-order valence-corrected chi connectivity index (χ1v) is 3.75. The topological polar surface area (TPSA) is 61.4 Å². The lowest BCUT2D eigenvalue weighted by atomic mass is 10.3. The molecule has 76 valence electrons. The number of carbonyl (C=O) groups excluding carboxylic acids is 1. The summed E-state index contributed by atoms with van der Waals surface area (Å²) >= 11 is 0. The molecular weight excluding hydrogens is 194 g/mol. The van der Waals surface area contributed by atoms with Crippen LogP contribution in [-0.2, 0) is 4.79 Å². The Bertz CT molecular complexity index is 324. The van der Waals surface area contributed by atoms with E-state index in [-0.39, 0.29) is 0 Å². The molecule has 0 aliphatic carbocycles. The Balaban J connectivity index is 2.71. The van der Waals surface area contributed by atoms with Crippen LogP contribution in [0, 0.1) is 11.6 Å². The Morgan fingerprint density at radius 3 is 2.43 bits per heavy atom. The molecule has 6 heteroatoms. The number of carbonyl (C=O) groups is 1. The maximum atomic E-state index is 12.9. The third-order valence-corrected chi connectivity index (χ3v) is 1.43. The quantitative estimate of drug-likeness (QED) is 0.622. The zero-order chi connectivity index (χ0) is 10.6. The number of amides is 1. The highest BCUT2D eigenvalue weighted by molar-refractivity contribution is 5.78. The van der Waals surface area contributed by atoms with Gasteiger partial charge in [0.25, 0.3) is 5.91 Å². The Labute approximate surface area is 78.5 Å². The summed E-state index contributed by atoms with van der Waals surface area (Å²) in [5, 5.41) is 8.31. The molecule has 0 spiro atoms. The van der Waals surface area contributed by atoms with E-state index in [2.05, 4.69) is 0 Å². The van der Waals surface area contributed by atoms with E-state index in [1.54, 1.807) is 0 Å². The first-order valence-electron chi connectivity index (χ1n) is 3.75. The first kappa shape index (κ1) is 10.4. The van der Waals surface area contributed by atoms with E-state index in [9.17, 15) is 13.6 Å². The predicted octanol–water partition coefficient (Wildman–Crippen LogP) is 0.400. The van der Waals surface area contributed by atoms with E-state index in [1.807, 2.05) is 10.9 Å². The lowest BCUT2D eigenvalue weighted by molar-refractivity contribution is -0.123. The number of aliphatic hydroxyl groups excluding tert-OH is 1. The van der Waals surface area contributed by atoms with Gasteiger partial charge in [0.05, 0.1) is 0 Å². The first-order chi connectivity index (χ1) is 6.65. The molecular formula is C8H8F2N2O2. The van der Waals surface area contributed by atoms with Crippen LogP contribution in [0.2, 0.25) is 0 Å².